The van der Waals surface area contributed by atoms with E-state index in [4.69, 9.17) is 4.74 Å². The highest BCUT2D eigenvalue weighted by Gasteiger charge is 2.27. The Morgan fingerprint density at radius 2 is 0.821 bits per heavy atom. The van der Waals surface area contributed by atoms with E-state index in [2.05, 4.69) is 95.9 Å². The van der Waals surface area contributed by atoms with Gasteiger partial charge in [-0.15, -0.1) is 0 Å². The first-order valence-electron chi connectivity index (χ1n) is 13.0. The molecule has 2 nitrogen and oxygen atoms in total. The first-order chi connectivity index (χ1) is 19.2. The van der Waals surface area contributed by atoms with E-state index in [0.717, 1.165) is 50.8 Å². The fraction of sp³-hybridized carbons (Fsp3) is 0. The Morgan fingerprint density at radius 1 is 0.410 bits per heavy atom. The van der Waals surface area contributed by atoms with Gasteiger partial charge in [0.25, 0.3) is 0 Å². The van der Waals surface area contributed by atoms with Crippen LogP contribution in [0.3, 0.4) is 0 Å². The molecule has 0 N–H and O–H groups in total. The summed E-state index contributed by atoms with van der Waals surface area (Å²) >= 11 is 0. The van der Waals surface area contributed by atoms with Crippen LogP contribution in [0.15, 0.2) is 146 Å². The number of hydrogen-bond donors (Lipinski definition) is 0. The van der Waals surface area contributed by atoms with E-state index in [1.54, 1.807) is 12.1 Å². The number of ether oxygens (including phenoxy) is 1. The predicted molar refractivity (Wildman–Crippen MR) is 157 cm³/mol. The first-order valence-corrected chi connectivity index (χ1v) is 13.0. The topological polar surface area (TPSA) is 12.5 Å². The summed E-state index contributed by atoms with van der Waals surface area (Å²) in [5, 5.41) is 0. The second kappa shape index (κ2) is 9.62. The highest BCUT2D eigenvalue weighted by Crippen LogP contribution is 2.52. The normalized spacial score (nSPS) is 11.9. The fourth-order valence-corrected chi connectivity index (χ4v) is 5.15. The number of rotatable bonds is 4. The third kappa shape index (κ3) is 4.34. The van der Waals surface area contributed by atoms with Crippen molar-refractivity contribution in [2.75, 3.05) is 4.90 Å². The Bertz CT molecular complexity index is 1760. The maximum Gasteiger partial charge on any atom is 0.152 e. The summed E-state index contributed by atoms with van der Waals surface area (Å²) in [4.78, 5) is 2.24. The number of halogens is 1. The molecule has 1 aliphatic heterocycles. The van der Waals surface area contributed by atoms with Gasteiger partial charge in [-0.2, -0.15) is 0 Å². The van der Waals surface area contributed by atoms with Crippen molar-refractivity contribution in [2.24, 2.45) is 0 Å². The van der Waals surface area contributed by atoms with Gasteiger partial charge in [0.05, 0.1) is 11.4 Å². The highest BCUT2D eigenvalue weighted by molar-refractivity contribution is 5.89. The van der Waals surface area contributed by atoms with Crippen LogP contribution in [0.4, 0.5) is 21.5 Å². The summed E-state index contributed by atoms with van der Waals surface area (Å²) < 4.78 is 20.1. The van der Waals surface area contributed by atoms with Crippen molar-refractivity contribution in [3.8, 4) is 44.9 Å². The van der Waals surface area contributed by atoms with E-state index in [-0.39, 0.29) is 5.82 Å². The standard InChI is InChI=1S/C36H24FNO/c37-31-17-11-28(12-18-31)30-16-22-34-36(24-30)39-35-23-29(26-9-5-2-6-10-26)15-21-33(35)38(34)32-19-13-27(14-20-32)25-7-3-1-4-8-25/h1-24H. The van der Waals surface area contributed by atoms with E-state index in [9.17, 15) is 4.39 Å². The quantitative estimate of drug-likeness (QED) is 0.236. The molecule has 1 heterocycles. The molecule has 0 unspecified atom stereocenters. The van der Waals surface area contributed by atoms with Crippen molar-refractivity contribution in [1.29, 1.82) is 0 Å². The molecule has 0 aromatic heterocycles. The van der Waals surface area contributed by atoms with Crippen LogP contribution < -0.4 is 9.64 Å². The lowest BCUT2D eigenvalue weighted by Gasteiger charge is -2.33. The maximum atomic E-state index is 13.6. The number of hydrogen-bond acceptors (Lipinski definition) is 2. The molecule has 186 valence electrons. The molecule has 1 aliphatic rings. The van der Waals surface area contributed by atoms with E-state index in [1.165, 1.54) is 23.3 Å². The zero-order valence-electron chi connectivity index (χ0n) is 21.1. The number of anilines is 3. The average Bonchev–Trinajstić information content (AvgIpc) is 3.01. The largest absolute Gasteiger partial charge is 0.453 e. The lowest BCUT2D eigenvalue weighted by Crippen LogP contribution is -2.16. The summed E-state index contributed by atoms with van der Waals surface area (Å²) in [5.41, 5.74) is 9.45. The molecule has 39 heavy (non-hydrogen) atoms. The predicted octanol–water partition coefficient (Wildman–Crippen LogP) is 10.4. The molecule has 6 aromatic rings. The minimum absolute atomic E-state index is 0.250. The van der Waals surface area contributed by atoms with Gasteiger partial charge in [0.2, 0.25) is 0 Å². The van der Waals surface area contributed by atoms with Gasteiger partial charge in [-0.3, -0.25) is 0 Å². The minimum Gasteiger partial charge on any atom is -0.453 e. The van der Waals surface area contributed by atoms with Gasteiger partial charge in [0.1, 0.15) is 5.82 Å². The molecule has 0 amide bonds. The Kier molecular flexibility index (Phi) is 5.68. The molecule has 0 saturated heterocycles. The smallest absolute Gasteiger partial charge is 0.152 e. The first kappa shape index (κ1) is 23.0. The van der Waals surface area contributed by atoms with Crippen LogP contribution in [0.5, 0.6) is 11.5 Å². The van der Waals surface area contributed by atoms with Crippen LogP contribution in [0.1, 0.15) is 0 Å². The van der Waals surface area contributed by atoms with Crippen molar-refractivity contribution in [3.05, 3.63) is 151 Å². The Morgan fingerprint density at radius 3 is 1.36 bits per heavy atom. The second-order valence-electron chi connectivity index (χ2n) is 9.59. The van der Waals surface area contributed by atoms with Gasteiger partial charge in [0, 0.05) is 5.69 Å². The van der Waals surface area contributed by atoms with Crippen molar-refractivity contribution >= 4 is 17.1 Å². The van der Waals surface area contributed by atoms with Crippen molar-refractivity contribution < 1.29 is 9.13 Å². The molecule has 0 atom stereocenters. The van der Waals surface area contributed by atoms with E-state index in [0.29, 0.717) is 0 Å². The summed E-state index contributed by atoms with van der Waals surface area (Å²) in [7, 11) is 0. The van der Waals surface area contributed by atoms with Gasteiger partial charge >= 0.3 is 0 Å². The Labute approximate surface area is 227 Å². The summed E-state index contributed by atoms with van der Waals surface area (Å²) in [6.45, 7) is 0. The molecular formula is C36H24FNO. The SMILES string of the molecule is Fc1ccc(-c2ccc3c(c2)Oc2cc(-c4ccccc4)ccc2N3c2ccc(-c3ccccc3)cc2)cc1. The molecule has 6 aromatic carbocycles. The lowest BCUT2D eigenvalue weighted by molar-refractivity contribution is 0.477. The third-order valence-corrected chi connectivity index (χ3v) is 7.14. The van der Waals surface area contributed by atoms with Crippen molar-refractivity contribution in [3.63, 3.8) is 0 Å². The van der Waals surface area contributed by atoms with Crippen LogP contribution in [0, 0.1) is 5.82 Å². The van der Waals surface area contributed by atoms with Crippen LogP contribution in [-0.2, 0) is 0 Å². The fourth-order valence-electron chi connectivity index (χ4n) is 5.15. The number of benzene rings is 6. The molecule has 0 spiro atoms. The summed E-state index contributed by atoms with van der Waals surface area (Å²) in [6, 6.07) is 48.4. The molecule has 0 aliphatic carbocycles. The Balaban J connectivity index is 1.35. The minimum atomic E-state index is -0.250. The van der Waals surface area contributed by atoms with Gasteiger partial charge in [0.15, 0.2) is 11.5 Å². The van der Waals surface area contributed by atoms with Crippen LogP contribution in [0.25, 0.3) is 33.4 Å². The molecule has 0 radical (unpaired) electrons. The second-order valence-corrected chi connectivity index (χ2v) is 9.59. The lowest BCUT2D eigenvalue weighted by atomic mass is 10.0. The zero-order chi connectivity index (χ0) is 26.2. The molecular weight excluding hydrogens is 481 g/mol. The molecule has 3 heteroatoms. The van der Waals surface area contributed by atoms with Gasteiger partial charge in [-0.05, 0) is 81.9 Å². The molecule has 7 rings (SSSR count). The van der Waals surface area contributed by atoms with Crippen LogP contribution in [0.2, 0.25) is 0 Å². The van der Waals surface area contributed by atoms with Crippen molar-refractivity contribution in [2.45, 2.75) is 0 Å². The van der Waals surface area contributed by atoms with Gasteiger partial charge < -0.3 is 9.64 Å². The van der Waals surface area contributed by atoms with Gasteiger partial charge in [-0.1, -0.05) is 97.1 Å². The van der Waals surface area contributed by atoms with Crippen molar-refractivity contribution in [1.82, 2.24) is 0 Å². The average molecular weight is 506 g/mol. The molecule has 0 fully saturated rings. The number of nitrogens with zero attached hydrogens (tertiary/aromatic N) is 1. The van der Waals surface area contributed by atoms with Gasteiger partial charge in [-0.25, -0.2) is 4.39 Å². The molecule has 0 bridgehead atoms. The maximum absolute atomic E-state index is 13.6. The monoisotopic (exact) mass is 505 g/mol. The molecule has 0 saturated carbocycles. The summed E-state index contributed by atoms with van der Waals surface area (Å²) in [6.07, 6.45) is 0. The number of fused-ring (bicyclic) bond motifs is 2. The van der Waals surface area contributed by atoms with E-state index in [1.807, 2.05) is 30.3 Å². The van der Waals surface area contributed by atoms with E-state index >= 15 is 0 Å². The highest BCUT2D eigenvalue weighted by atomic mass is 19.1. The summed E-state index contributed by atoms with van der Waals surface area (Å²) in [5.74, 6) is 1.29. The third-order valence-electron chi connectivity index (χ3n) is 7.14. The van der Waals surface area contributed by atoms with Crippen LogP contribution in [-0.4, -0.2) is 0 Å². The Hall–Kier alpha value is -5.15. The van der Waals surface area contributed by atoms with E-state index < -0.39 is 0 Å². The van der Waals surface area contributed by atoms with Crippen LogP contribution >= 0.6 is 0 Å². The zero-order valence-corrected chi connectivity index (χ0v) is 21.1.